The molecule has 122 valence electrons. The van der Waals surface area contributed by atoms with Crippen molar-refractivity contribution in [2.45, 2.75) is 18.5 Å². The van der Waals surface area contributed by atoms with Gasteiger partial charge in [-0.15, -0.1) is 0 Å². The topological polar surface area (TPSA) is 55.6 Å². The molecule has 24 heavy (non-hydrogen) atoms. The molecule has 0 fully saturated rings. The Morgan fingerprint density at radius 1 is 1.08 bits per heavy atom. The van der Waals surface area contributed by atoms with E-state index in [1.54, 1.807) is 16.8 Å². The van der Waals surface area contributed by atoms with E-state index in [0.717, 1.165) is 14.5 Å². The second-order valence-electron chi connectivity index (χ2n) is 5.61. The molecule has 2 atom stereocenters. The molecule has 0 amide bonds. The van der Waals surface area contributed by atoms with E-state index in [1.807, 2.05) is 24.3 Å². The molecule has 4 rings (SSSR count). The Kier molecular flexibility index (Phi) is 4.09. The van der Waals surface area contributed by atoms with Gasteiger partial charge in [0.05, 0.1) is 12.1 Å². The Hall–Kier alpha value is -1.80. The lowest BCUT2D eigenvalue weighted by Crippen LogP contribution is -2.28. The van der Waals surface area contributed by atoms with Crippen molar-refractivity contribution in [1.82, 2.24) is 20.2 Å². The van der Waals surface area contributed by atoms with Crippen LogP contribution in [-0.4, -0.2) is 20.2 Å². The van der Waals surface area contributed by atoms with Gasteiger partial charge in [0.15, 0.2) is 0 Å². The van der Waals surface area contributed by atoms with E-state index in [0.29, 0.717) is 17.9 Å². The number of fused-ring (bicyclic) bond motifs is 1. The van der Waals surface area contributed by atoms with Crippen LogP contribution >= 0.6 is 31.9 Å². The first kappa shape index (κ1) is 15.7. The summed E-state index contributed by atoms with van der Waals surface area (Å²) in [4.78, 5) is 0. The normalized spacial score (nSPS) is 19.6. The van der Waals surface area contributed by atoms with Crippen molar-refractivity contribution >= 4 is 37.8 Å². The highest BCUT2D eigenvalue weighted by Gasteiger charge is 2.32. The second-order valence-corrected chi connectivity index (χ2v) is 7.44. The monoisotopic (exact) mass is 451 g/mol. The fourth-order valence-electron chi connectivity index (χ4n) is 2.98. The minimum absolute atomic E-state index is 0.0000170. The molecule has 1 aliphatic heterocycles. The van der Waals surface area contributed by atoms with Crippen LogP contribution in [0, 0.1) is 5.82 Å². The number of tetrazole rings is 1. The molecule has 1 aliphatic rings. The third kappa shape index (κ3) is 2.84. The van der Waals surface area contributed by atoms with Crippen LogP contribution in [0.4, 0.5) is 10.3 Å². The number of aromatic nitrogens is 4. The number of halogens is 3. The quantitative estimate of drug-likeness (QED) is 0.622. The molecule has 0 aliphatic carbocycles. The first-order valence-electron chi connectivity index (χ1n) is 7.36. The summed E-state index contributed by atoms with van der Waals surface area (Å²) in [6, 6.07) is 12.7. The van der Waals surface area contributed by atoms with E-state index in [1.165, 1.54) is 6.07 Å². The van der Waals surface area contributed by atoms with Gasteiger partial charge in [-0.1, -0.05) is 49.1 Å². The Morgan fingerprint density at radius 3 is 2.62 bits per heavy atom. The molecule has 0 radical (unpaired) electrons. The fourth-order valence-corrected chi connectivity index (χ4v) is 3.62. The van der Waals surface area contributed by atoms with Crippen molar-refractivity contribution in [2.75, 3.05) is 5.32 Å². The summed E-state index contributed by atoms with van der Waals surface area (Å²) in [7, 11) is 0. The number of anilines is 1. The summed E-state index contributed by atoms with van der Waals surface area (Å²) in [5.41, 5.74) is 1.68. The van der Waals surface area contributed by atoms with Crippen LogP contribution < -0.4 is 5.32 Å². The Bertz CT molecular complexity index is 880. The van der Waals surface area contributed by atoms with E-state index < -0.39 is 0 Å². The number of hydrogen-bond donors (Lipinski definition) is 1. The van der Waals surface area contributed by atoms with Gasteiger partial charge in [-0.2, -0.15) is 0 Å². The van der Waals surface area contributed by atoms with Gasteiger partial charge >= 0.3 is 0 Å². The number of nitrogens with one attached hydrogen (secondary N) is 1. The fraction of sp³-hybridized carbons (Fsp3) is 0.188. The van der Waals surface area contributed by atoms with Crippen molar-refractivity contribution < 1.29 is 4.39 Å². The summed E-state index contributed by atoms with van der Waals surface area (Å²) in [6.07, 6.45) is 0.646. The molecule has 0 unspecified atom stereocenters. The van der Waals surface area contributed by atoms with Crippen molar-refractivity contribution in [3.63, 3.8) is 0 Å². The highest BCUT2D eigenvalue weighted by Crippen LogP contribution is 2.38. The molecule has 1 aromatic heterocycles. The van der Waals surface area contributed by atoms with Crippen LogP contribution in [-0.2, 0) is 0 Å². The maximum absolute atomic E-state index is 14.4. The number of nitrogens with zero attached hydrogens (tertiary/aromatic N) is 4. The van der Waals surface area contributed by atoms with Crippen LogP contribution in [0.1, 0.15) is 29.6 Å². The van der Waals surface area contributed by atoms with Crippen molar-refractivity contribution in [2.24, 2.45) is 0 Å². The van der Waals surface area contributed by atoms with Gasteiger partial charge in [-0.05, 0) is 52.7 Å². The minimum atomic E-state index is -0.276. The van der Waals surface area contributed by atoms with Gasteiger partial charge in [0.25, 0.3) is 0 Å². The van der Waals surface area contributed by atoms with E-state index >= 15 is 0 Å². The molecule has 8 heteroatoms. The SMILES string of the molecule is Fc1ccc(Br)cc1[C@H]1C[C@@H](c2ccc(Br)cc2)Nc2nnnn21. The maximum atomic E-state index is 14.4. The zero-order valence-corrected chi connectivity index (χ0v) is 15.5. The molecule has 0 bridgehead atoms. The summed E-state index contributed by atoms with van der Waals surface area (Å²) in [5, 5.41) is 15.1. The molecule has 0 saturated carbocycles. The number of hydrogen-bond acceptors (Lipinski definition) is 4. The third-order valence-corrected chi connectivity index (χ3v) is 5.16. The van der Waals surface area contributed by atoms with Gasteiger partial charge in [0, 0.05) is 14.5 Å². The summed E-state index contributed by atoms with van der Waals surface area (Å²) in [6.45, 7) is 0. The van der Waals surface area contributed by atoms with Crippen LogP contribution in [0.2, 0.25) is 0 Å². The largest absolute Gasteiger partial charge is 0.346 e. The third-order valence-electron chi connectivity index (χ3n) is 4.14. The van der Waals surface area contributed by atoms with Crippen LogP contribution in [0.15, 0.2) is 51.4 Å². The second kappa shape index (κ2) is 6.25. The van der Waals surface area contributed by atoms with Gasteiger partial charge < -0.3 is 5.32 Å². The average molecular weight is 453 g/mol. The van der Waals surface area contributed by atoms with E-state index in [2.05, 4.69) is 52.7 Å². The highest BCUT2D eigenvalue weighted by atomic mass is 79.9. The standard InChI is InChI=1S/C16H12Br2FN5/c17-10-3-1-9(2-4-10)14-8-15(24-16(20-14)21-22-23-24)12-7-11(18)5-6-13(12)19/h1-7,14-15H,8H2,(H,20,21,23)/t14-,15+/m0/s1. The Balaban J connectivity index is 1.76. The Labute approximate surface area is 154 Å². The van der Waals surface area contributed by atoms with E-state index in [4.69, 9.17) is 0 Å². The van der Waals surface area contributed by atoms with Crippen LogP contribution in [0.5, 0.6) is 0 Å². The number of rotatable bonds is 2. The molecule has 2 heterocycles. The highest BCUT2D eigenvalue weighted by molar-refractivity contribution is 9.10. The summed E-state index contributed by atoms with van der Waals surface area (Å²) in [5.74, 6) is 0.277. The molecule has 2 aromatic carbocycles. The van der Waals surface area contributed by atoms with Gasteiger partial charge in [0.1, 0.15) is 5.82 Å². The zero-order chi connectivity index (χ0) is 16.7. The van der Waals surface area contributed by atoms with Crippen LogP contribution in [0.3, 0.4) is 0 Å². The lowest BCUT2D eigenvalue weighted by atomic mass is 9.93. The van der Waals surface area contributed by atoms with Gasteiger partial charge in [-0.25, -0.2) is 9.07 Å². The van der Waals surface area contributed by atoms with Gasteiger partial charge in [0.2, 0.25) is 5.95 Å². The summed E-state index contributed by atoms with van der Waals surface area (Å²) >= 11 is 6.86. The molecular weight excluding hydrogens is 441 g/mol. The lowest BCUT2D eigenvalue weighted by molar-refractivity contribution is 0.409. The molecule has 1 N–H and O–H groups in total. The first-order chi connectivity index (χ1) is 11.6. The van der Waals surface area contributed by atoms with E-state index in [-0.39, 0.29) is 17.9 Å². The van der Waals surface area contributed by atoms with E-state index in [9.17, 15) is 4.39 Å². The minimum Gasteiger partial charge on any atom is -0.346 e. The zero-order valence-electron chi connectivity index (χ0n) is 12.3. The molecular formula is C16H12Br2FN5. The molecule has 0 saturated heterocycles. The molecule has 0 spiro atoms. The van der Waals surface area contributed by atoms with Gasteiger partial charge in [-0.3, -0.25) is 0 Å². The molecule has 3 aromatic rings. The predicted octanol–water partition coefficient (Wildman–Crippen LogP) is 4.48. The average Bonchev–Trinajstić information content (AvgIpc) is 3.05. The maximum Gasteiger partial charge on any atom is 0.243 e. The van der Waals surface area contributed by atoms with Crippen molar-refractivity contribution in [3.8, 4) is 0 Å². The predicted molar refractivity (Wildman–Crippen MR) is 95.2 cm³/mol. The van der Waals surface area contributed by atoms with Crippen LogP contribution in [0.25, 0.3) is 0 Å². The summed E-state index contributed by atoms with van der Waals surface area (Å²) < 4.78 is 17.9. The van der Waals surface area contributed by atoms with Crippen molar-refractivity contribution in [3.05, 3.63) is 68.4 Å². The smallest absolute Gasteiger partial charge is 0.243 e. The lowest BCUT2D eigenvalue weighted by Gasteiger charge is -2.31. The number of benzene rings is 2. The molecule has 5 nitrogen and oxygen atoms in total. The van der Waals surface area contributed by atoms with Crippen molar-refractivity contribution in [1.29, 1.82) is 0 Å². The Morgan fingerprint density at radius 2 is 1.83 bits per heavy atom. The first-order valence-corrected chi connectivity index (χ1v) is 8.95.